The third-order valence-electron chi connectivity index (χ3n) is 6.97. The van der Waals surface area contributed by atoms with Gasteiger partial charge < -0.3 is 0 Å². The molecule has 0 N–H and O–H groups in total. The summed E-state index contributed by atoms with van der Waals surface area (Å²) in [5.41, 5.74) is -18.8. The number of nitriles is 7. The van der Waals surface area contributed by atoms with E-state index in [0.717, 1.165) is 30.9 Å². The maximum absolute atomic E-state index is 14.4. The average Bonchev–Trinajstić information content (AvgIpc) is 3.77. The maximum Gasteiger partial charge on any atom is 0.417 e. The lowest BCUT2D eigenvalue weighted by atomic mass is 9.90. The minimum atomic E-state index is -5.97. The Balaban J connectivity index is 2.43. The molecule has 1 fully saturated rings. The molecule has 2 heterocycles. The molecule has 0 aliphatic heterocycles. The Kier molecular flexibility index (Phi) is 8.94. The van der Waals surface area contributed by atoms with Crippen molar-refractivity contribution in [3.8, 4) is 42.5 Å². The highest BCUT2D eigenvalue weighted by atomic mass is 19.4. The Hall–Kier alpha value is -7.46. The standard InChI is InChI=1S/C32H6F9N9/c33-30(34,35)18-1-22(31(36,37)38)26(23(2-18)32(39,40)41)21(9-48)29-27(19(7-46)24-14(3-42)10-49-11-15(24)4-43)28(29)20(8-47)25-16(5-44)12-50-13-17(25)6-45/h1-2,10-13H. The second kappa shape index (κ2) is 12.6. The van der Waals surface area contributed by atoms with E-state index < -0.39 is 120 Å². The molecular formula is C32H6F9N9. The third-order valence-corrected chi connectivity index (χ3v) is 6.97. The molecule has 18 heteroatoms. The summed E-state index contributed by atoms with van der Waals surface area (Å²) in [5.74, 6) is 0. The van der Waals surface area contributed by atoms with Gasteiger partial charge in [0.1, 0.15) is 42.5 Å². The minimum Gasteiger partial charge on any atom is -0.262 e. The first-order valence-corrected chi connectivity index (χ1v) is 12.9. The second-order valence-electron chi connectivity index (χ2n) is 9.69. The van der Waals surface area contributed by atoms with Gasteiger partial charge in [0.15, 0.2) is 0 Å². The lowest BCUT2D eigenvalue weighted by molar-refractivity contribution is -0.148. The SMILES string of the molecule is N#CC(=C1C(=C(C#N)c2c(C#N)cncc2C#N)C1=C(C#N)c1c(C(F)(F)F)cc(C(F)(F)F)cc1C(F)(F)F)c1c(C#N)cncc1C#N. The molecule has 0 bridgehead atoms. The van der Waals surface area contributed by atoms with Crippen molar-refractivity contribution >= 4 is 16.7 Å². The van der Waals surface area contributed by atoms with Crippen LogP contribution in [0.4, 0.5) is 39.5 Å². The quantitative estimate of drug-likeness (QED) is 0.201. The molecule has 1 aromatic carbocycles. The predicted molar refractivity (Wildman–Crippen MR) is 146 cm³/mol. The molecule has 0 spiro atoms. The molecule has 50 heavy (non-hydrogen) atoms. The number of alkyl halides is 9. The number of pyridine rings is 2. The summed E-state index contributed by atoms with van der Waals surface area (Å²) < 4.78 is 127. The van der Waals surface area contributed by atoms with Gasteiger partial charge in [0.25, 0.3) is 0 Å². The number of allylic oxidation sites excluding steroid dienone is 6. The highest BCUT2D eigenvalue weighted by molar-refractivity contribution is 6.13. The zero-order chi connectivity index (χ0) is 37.3. The first kappa shape index (κ1) is 35.4. The van der Waals surface area contributed by atoms with Crippen molar-refractivity contribution in [3.63, 3.8) is 0 Å². The van der Waals surface area contributed by atoms with E-state index in [-0.39, 0.29) is 0 Å². The molecule has 1 aliphatic rings. The molecule has 0 radical (unpaired) electrons. The summed E-state index contributed by atoms with van der Waals surface area (Å²) in [6, 6.07) is 9.34. The smallest absolute Gasteiger partial charge is 0.262 e. The van der Waals surface area contributed by atoms with Gasteiger partial charge in [-0.25, -0.2) is 0 Å². The number of benzene rings is 1. The topological polar surface area (TPSA) is 192 Å². The zero-order valence-corrected chi connectivity index (χ0v) is 23.9. The Morgan fingerprint density at radius 3 is 0.940 bits per heavy atom. The normalized spacial score (nSPS) is 14.4. The first-order chi connectivity index (χ1) is 23.4. The lowest BCUT2D eigenvalue weighted by Gasteiger charge is -2.21. The van der Waals surface area contributed by atoms with Crippen LogP contribution in [0.5, 0.6) is 0 Å². The van der Waals surface area contributed by atoms with Crippen LogP contribution in [0.2, 0.25) is 0 Å². The molecule has 3 aromatic rings. The van der Waals surface area contributed by atoms with Crippen molar-refractivity contribution in [1.82, 2.24) is 9.97 Å². The maximum atomic E-state index is 14.4. The summed E-state index contributed by atoms with van der Waals surface area (Å²) in [5, 5.41) is 69.4. The summed E-state index contributed by atoms with van der Waals surface area (Å²) in [4.78, 5) is 7.29. The fourth-order valence-corrected chi connectivity index (χ4v) is 4.97. The van der Waals surface area contributed by atoms with Crippen LogP contribution in [0.3, 0.4) is 0 Å². The van der Waals surface area contributed by atoms with E-state index in [4.69, 9.17) is 0 Å². The zero-order valence-electron chi connectivity index (χ0n) is 23.9. The van der Waals surface area contributed by atoms with Crippen molar-refractivity contribution in [1.29, 1.82) is 36.8 Å². The molecular weight excluding hydrogens is 681 g/mol. The van der Waals surface area contributed by atoms with Crippen molar-refractivity contribution in [2.45, 2.75) is 18.5 Å². The van der Waals surface area contributed by atoms with E-state index in [1.54, 1.807) is 36.4 Å². The molecule has 1 aliphatic carbocycles. The first-order valence-electron chi connectivity index (χ1n) is 12.9. The molecule has 0 atom stereocenters. The summed E-state index contributed by atoms with van der Waals surface area (Å²) in [6.07, 6.45) is -14.3. The van der Waals surface area contributed by atoms with E-state index >= 15 is 0 Å². The average molecular weight is 687 g/mol. The predicted octanol–water partition coefficient (Wildman–Crippen LogP) is 7.27. The third kappa shape index (κ3) is 6.03. The van der Waals surface area contributed by atoms with Crippen LogP contribution in [-0.4, -0.2) is 9.97 Å². The van der Waals surface area contributed by atoms with Crippen LogP contribution < -0.4 is 0 Å². The van der Waals surface area contributed by atoms with Crippen LogP contribution >= 0.6 is 0 Å². The van der Waals surface area contributed by atoms with Gasteiger partial charge in [0.05, 0.1) is 55.7 Å². The van der Waals surface area contributed by atoms with E-state index in [0.29, 0.717) is 0 Å². The van der Waals surface area contributed by atoms with Gasteiger partial charge in [0, 0.05) is 58.2 Å². The number of rotatable bonds is 3. The van der Waals surface area contributed by atoms with E-state index in [1.165, 1.54) is 0 Å². The lowest BCUT2D eigenvalue weighted by Crippen LogP contribution is -2.19. The van der Waals surface area contributed by atoms with Gasteiger partial charge >= 0.3 is 18.5 Å². The largest absolute Gasteiger partial charge is 0.417 e. The molecule has 0 unspecified atom stereocenters. The van der Waals surface area contributed by atoms with Gasteiger partial charge in [-0.05, 0) is 12.1 Å². The van der Waals surface area contributed by atoms with Gasteiger partial charge in [-0.1, -0.05) is 0 Å². The monoisotopic (exact) mass is 687 g/mol. The Morgan fingerprint density at radius 1 is 0.440 bits per heavy atom. The molecule has 1 saturated carbocycles. The van der Waals surface area contributed by atoms with Crippen LogP contribution in [0.25, 0.3) is 16.7 Å². The fraction of sp³-hybridized carbons (Fsp3) is 0.0938. The van der Waals surface area contributed by atoms with Gasteiger partial charge in [0.2, 0.25) is 0 Å². The Labute approximate surface area is 273 Å². The molecule has 9 nitrogen and oxygen atoms in total. The summed E-state index contributed by atoms with van der Waals surface area (Å²) in [7, 11) is 0. The summed E-state index contributed by atoms with van der Waals surface area (Å²) >= 11 is 0. The molecule has 4 rings (SSSR count). The number of nitrogens with zero attached hydrogens (tertiary/aromatic N) is 9. The van der Waals surface area contributed by atoms with Crippen LogP contribution in [0.15, 0.2) is 53.6 Å². The second-order valence-corrected chi connectivity index (χ2v) is 9.69. The van der Waals surface area contributed by atoms with Gasteiger partial charge in [-0.3, -0.25) is 9.97 Å². The fourth-order valence-electron chi connectivity index (χ4n) is 4.97. The molecule has 0 amide bonds. The van der Waals surface area contributed by atoms with Gasteiger partial charge in [-0.2, -0.15) is 76.3 Å². The van der Waals surface area contributed by atoms with E-state index in [1.807, 2.05) is 0 Å². The van der Waals surface area contributed by atoms with Crippen molar-refractivity contribution < 1.29 is 39.5 Å². The van der Waals surface area contributed by atoms with E-state index in [9.17, 15) is 76.3 Å². The number of halogens is 9. The van der Waals surface area contributed by atoms with Crippen molar-refractivity contribution in [2.75, 3.05) is 0 Å². The number of hydrogen-bond acceptors (Lipinski definition) is 9. The molecule has 2 aromatic heterocycles. The van der Waals surface area contributed by atoms with Crippen molar-refractivity contribution in [2.24, 2.45) is 0 Å². The minimum absolute atomic E-state index is 0.531. The highest BCUT2D eigenvalue weighted by Crippen LogP contribution is 2.58. The van der Waals surface area contributed by atoms with E-state index in [2.05, 4.69) is 9.97 Å². The molecule has 0 saturated heterocycles. The van der Waals surface area contributed by atoms with Crippen LogP contribution in [-0.2, 0) is 18.5 Å². The Morgan fingerprint density at radius 2 is 0.720 bits per heavy atom. The number of aromatic nitrogens is 2. The summed E-state index contributed by atoms with van der Waals surface area (Å²) in [6.45, 7) is 0. The van der Waals surface area contributed by atoms with Crippen LogP contribution in [0, 0.1) is 79.3 Å². The van der Waals surface area contributed by atoms with Crippen molar-refractivity contribution in [3.05, 3.63) is 109 Å². The van der Waals surface area contributed by atoms with Gasteiger partial charge in [-0.15, -0.1) is 0 Å². The van der Waals surface area contributed by atoms with Crippen LogP contribution in [0.1, 0.15) is 55.6 Å². The highest BCUT2D eigenvalue weighted by Gasteiger charge is 2.49. The Bertz CT molecular complexity index is 2200. The number of hydrogen-bond donors (Lipinski definition) is 0. The molecule has 242 valence electrons.